The van der Waals surface area contributed by atoms with Crippen molar-refractivity contribution in [1.82, 2.24) is 10.2 Å². The number of hydrogen-bond donors (Lipinski definition) is 2. The van der Waals surface area contributed by atoms with Crippen molar-refractivity contribution in [3.05, 3.63) is 59.3 Å². The predicted octanol–water partition coefficient (Wildman–Crippen LogP) is 4.17. The first-order chi connectivity index (χ1) is 13.1. The zero-order valence-corrected chi connectivity index (χ0v) is 15.2. The van der Waals surface area contributed by atoms with Gasteiger partial charge in [-0.05, 0) is 49.3 Å². The van der Waals surface area contributed by atoms with Crippen LogP contribution in [0.25, 0.3) is 0 Å². The van der Waals surface area contributed by atoms with Gasteiger partial charge in [-0.1, -0.05) is 18.7 Å². The van der Waals surface area contributed by atoms with E-state index in [1.165, 1.54) is 12.1 Å². The number of nitrogens with one attached hydrogen (secondary N) is 1. The summed E-state index contributed by atoms with van der Waals surface area (Å²) in [6, 6.07) is 6.52. The van der Waals surface area contributed by atoms with Gasteiger partial charge in [0.1, 0.15) is 12.4 Å². The third-order valence-electron chi connectivity index (χ3n) is 5.31. The second-order valence-corrected chi connectivity index (χ2v) is 7.33. The summed E-state index contributed by atoms with van der Waals surface area (Å²) in [6.07, 6.45) is -1.18. The molecule has 0 unspecified atom stereocenters. The highest BCUT2D eigenvalue weighted by Gasteiger charge is 2.39. The van der Waals surface area contributed by atoms with E-state index in [-0.39, 0.29) is 29.7 Å². The van der Waals surface area contributed by atoms with E-state index in [1.54, 1.807) is 12.1 Å². The van der Waals surface area contributed by atoms with Crippen LogP contribution in [0.2, 0.25) is 0 Å². The van der Waals surface area contributed by atoms with Crippen LogP contribution in [-0.4, -0.2) is 41.2 Å². The lowest BCUT2D eigenvalue weighted by Gasteiger charge is -2.31. The molecule has 2 aliphatic rings. The number of aliphatic hydroxyl groups excluding tert-OH is 1. The number of rotatable bonds is 5. The van der Waals surface area contributed by atoms with Gasteiger partial charge in [-0.3, -0.25) is 4.79 Å². The Morgan fingerprint density at radius 3 is 2.36 bits per heavy atom. The summed E-state index contributed by atoms with van der Waals surface area (Å²) in [5.74, 6) is -1.65. The van der Waals surface area contributed by atoms with E-state index in [4.69, 9.17) is 0 Å². The van der Waals surface area contributed by atoms with Gasteiger partial charge in [0, 0.05) is 17.3 Å². The van der Waals surface area contributed by atoms with E-state index in [0.29, 0.717) is 10.8 Å². The van der Waals surface area contributed by atoms with Crippen molar-refractivity contribution in [3.63, 3.8) is 0 Å². The summed E-state index contributed by atoms with van der Waals surface area (Å²) < 4.78 is 50.7. The van der Waals surface area contributed by atoms with Crippen molar-refractivity contribution in [2.75, 3.05) is 13.1 Å². The van der Waals surface area contributed by atoms with Crippen LogP contribution in [0, 0.1) is 5.82 Å². The summed E-state index contributed by atoms with van der Waals surface area (Å²) in [6.45, 7) is 2.08. The number of alkyl halides is 3. The minimum Gasteiger partial charge on any atom is -0.503 e. The zero-order valence-electron chi connectivity index (χ0n) is 15.2. The lowest BCUT2D eigenvalue weighted by Crippen LogP contribution is -2.37. The normalized spacial score (nSPS) is 23.3. The summed E-state index contributed by atoms with van der Waals surface area (Å²) in [5.41, 5.74) is 1.47. The Kier molecular flexibility index (Phi) is 5.67. The van der Waals surface area contributed by atoms with Crippen molar-refractivity contribution in [3.8, 4) is 0 Å². The van der Waals surface area contributed by atoms with E-state index < -0.39 is 24.4 Å². The number of aliphatic hydroxyl groups is 1. The van der Waals surface area contributed by atoms with Gasteiger partial charge in [0.2, 0.25) is 0 Å². The van der Waals surface area contributed by atoms with E-state index in [0.717, 1.165) is 31.2 Å². The Morgan fingerprint density at radius 2 is 1.79 bits per heavy atom. The van der Waals surface area contributed by atoms with Gasteiger partial charge in [0.15, 0.2) is 5.76 Å². The van der Waals surface area contributed by atoms with E-state index in [9.17, 15) is 27.5 Å². The van der Waals surface area contributed by atoms with Crippen molar-refractivity contribution >= 4 is 5.91 Å². The molecule has 3 rings (SSSR count). The molecule has 0 bridgehead atoms. The first-order valence-corrected chi connectivity index (χ1v) is 9.13. The molecule has 0 spiro atoms. The highest BCUT2D eigenvalue weighted by atomic mass is 19.4. The highest BCUT2D eigenvalue weighted by Crippen LogP contribution is 2.34. The fourth-order valence-corrected chi connectivity index (χ4v) is 3.84. The maximum atomic E-state index is 13.1. The first-order valence-electron chi connectivity index (χ1n) is 9.13. The third-order valence-corrected chi connectivity index (χ3v) is 5.31. The molecule has 1 aliphatic carbocycles. The number of nitrogens with zero attached hydrogens (tertiary/aromatic N) is 1. The maximum Gasteiger partial charge on any atom is 0.406 e. The molecule has 0 aromatic heterocycles. The third kappa shape index (κ3) is 4.66. The molecular weight excluding hydrogens is 376 g/mol. The molecule has 152 valence electrons. The summed E-state index contributed by atoms with van der Waals surface area (Å²) in [5, 5.41) is 13.1. The van der Waals surface area contributed by atoms with Gasteiger partial charge >= 0.3 is 6.18 Å². The fourth-order valence-electron chi connectivity index (χ4n) is 3.84. The van der Waals surface area contributed by atoms with Gasteiger partial charge in [-0.25, -0.2) is 4.39 Å². The molecule has 0 radical (unpaired) electrons. The van der Waals surface area contributed by atoms with E-state index in [1.807, 2.05) is 0 Å². The van der Waals surface area contributed by atoms with E-state index in [2.05, 4.69) is 11.9 Å². The highest BCUT2D eigenvalue weighted by molar-refractivity contribution is 5.95. The summed E-state index contributed by atoms with van der Waals surface area (Å²) >= 11 is 0. The van der Waals surface area contributed by atoms with Crippen molar-refractivity contribution < 1.29 is 27.5 Å². The van der Waals surface area contributed by atoms with Crippen LogP contribution in [-0.2, 0) is 4.79 Å². The minimum atomic E-state index is -4.53. The molecule has 1 heterocycles. The smallest absolute Gasteiger partial charge is 0.406 e. The zero-order chi connectivity index (χ0) is 20.5. The Hall–Kier alpha value is -2.51. The van der Waals surface area contributed by atoms with Crippen LogP contribution in [0.3, 0.4) is 0 Å². The molecule has 0 saturated heterocycles. The molecular formula is C20H22F4N2O2. The van der Waals surface area contributed by atoms with Crippen molar-refractivity contribution in [2.24, 2.45) is 0 Å². The van der Waals surface area contributed by atoms with Crippen LogP contribution in [0.5, 0.6) is 0 Å². The Balaban J connectivity index is 1.54. The number of halogens is 4. The maximum absolute atomic E-state index is 13.1. The van der Waals surface area contributed by atoms with Crippen LogP contribution < -0.4 is 5.32 Å². The molecule has 4 nitrogen and oxygen atoms in total. The molecule has 28 heavy (non-hydrogen) atoms. The second-order valence-electron chi connectivity index (χ2n) is 7.33. The lowest BCUT2D eigenvalue weighted by atomic mass is 9.81. The Bertz CT molecular complexity index is 778. The van der Waals surface area contributed by atoms with Crippen LogP contribution >= 0.6 is 0 Å². The fraction of sp³-hybridized carbons (Fsp3) is 0.450. The molecule has 8 heteroatoms. The van der Waals surface area contributed by atoms with Crippen LogP contribution in [0.15, 0.2) is 47.9 Å². The quantitative estimate of drug-likeness (QED) is 0.732. The van der Waals surface area contributed by atoms with Gasteiger partial charge in [-0.15, -0.1) is 0 Å². The van der Waals surface area contributed by atoms with Crippen molar-refractivity contribution in [2.45, 2.75) is 43.8 Å². The summed E-state index contributed by atoms with van der Waals surface area (Å²) in [7, 11) is 0. The molecule has 0 atom stereocenters. The number of carbonyl (C=O) groups excluding carboxylic acids is 1. The minimum absolute atomic E-state index is 0.0521. The molecule has 1 fully saturated rings. The molecule has 1 saturated carbocycles. The standard InChI is InChI=1S/C20H22F4N2O2/c1-12(17-10-26(11-20(22,23)24)19(28)18(17)27)25-16-8-4-14(5-9-16)13-2-6-15(21)7-3-13/h2-3,6-7,14,16,25,27H,1,4-5,8-11H2. The van der Waals surface area contributed by atoms with Crippen LogP contribution in [0.1, 0.15) is 37.2 Å². The largest absolute Gasteiger partial charge is 0.503 e. The molecule has 1 amide bonds. The monoisotopic (exact) mass is 398 g/mol. The molecule has 2 N–H and O–H groups in total. The van der Waals surface area contributed by atoms with Gasteiger partial charge in [0.05, 0.1) is 6.54 Å². The molecule has 1 aliphatic heterocycles. The first kappa shape index (κ1) is 20.2. The average molecular weight is 398 g/mol. The SMILES string of the molecule is C=C(NC1CCC(c2ccc(F)cc2)CC1)C1=C(O)C(=O)N(CC(F)(F)F)C1. The molecule has 1 aromatic rings. The second kappa shape index (κ2) is 7.85. The topological polar surface area (TPSA) is 52.6 Å². The van der Waals surface area contributed by atoms with Crippen LogP contribution in [0.4, 0.5) is 17.6 Å². The average Bonchev–Trinajstić information content (AvgIpc) is 2.90. The number of benzene rings is 1. The van der Waals surface area contributed by atoms with Gasteiger partial charge < -0.3 is 15.3 Å². The Morgan fingerprint density at radius 1 is 1.18 bits per heavy atom. The lowest BCUT2D eigenvalue weighted by molar-refractivity contribution is -0.157. The number of hydrogen-bond acceptors (Lipinski definition) is 3. The Labute approximate surface area is 160 Å². The number of amides is 1. The number of carbonyl (C=O) groups is 1. The predicted molar refractivity (Wildman–Crippen MR) is 96.0 cm³/mol. The summed E-state index contributed by atoms with van der Waals surface area (Å²) in [4.78, 5) is 12.4. The van der Waals surface area contributed by atoms with Crippen molar-refractivity contribution in [1.29, 1.82) is 0 Å². The van der Waals surface area contributed by atoms with Gasteiger partial charge in [0.25, 0.3) is 5.91 Å². The van der Waals surface area contributed by atoms with E-state index >= 15 is 0 Å². The molecule has 1 aromatic carbocycles. The van der Waals surface area contributed by atoms with Gasteiger partial charge in [-0.2, -0.15) is 13.2 Å².